The minimum absolute atomic E-state index is 0.198. The van der Waals surface area contributed by atoms with Crippen molar-refractivity contribution in [2.45, 2.75) is 6.92 Å². The van der Waals surface area contributed by atoms with E-state index in [9.17, 15) is 9.59 Å². The number of ether oxygens (including phenoxy) is 2. The molecule has 0 saturated heterocycles. The van der Waals surface area contributed by atoms with E-state index in [1.54, 1.807) is 49.4 Å². The first-order valence-corrected chi connectivity index (χ1v) is 7.89. The Balaban J connectivity index is 1.89. The van der Waals surface area contributed by atoms with Gasteiger partial charge in [-0.1, -0.05) is 23.2 Å². The smallest absolute Gasteiger partial charge is 0.338 e. The monoisotopic (exact) mass is 367 g/mol. The van der Waals surface area contributed by atoms with E-state index >= 15 is 0 Å². The van der Waals surface area contributed by atoms with E-state index in [0.29, 0.717) is 33.7 Å². The quantitative estimate of drug-likeness (QED) is 0.777. The first-order valence-electron chi connectivity index (χ1n) is 7.14. The molecule has 5 nitrogen and oxygen atoms in total. The molecular formula is C17H15Cl2NO4. The maximum atomic E-state index is 11.9. The van der Waals surface area contributed by atoms with Crippen LogP contribution < -0.4 is 10.1 Å². The number of hydrogen-bond acceptors (Lipinski definition) is 4. The fraction of sp³-hybridized carbons (Fsp3) is 0.176. The molecular weight excluding hydrogens is 353 g/mol. The molecule has 1 N–H and O–H groups in total. The highest BCUT2D eigenvalue weighted by molar-refractivity contribution is 6.34. The van der Waals surface area contributed by atoms with Crippen molar-refractivity contribution in [1.82, 2.24) is 0 Å². The van der Waals surface area contributed by atoms with Crippen LogP contribution in [0.1, 0.15) is 17.3 Å². The van der Waals surface area contributed by atoms with E-state index in [1.807, 2.05) is 0 Å². The van der Waals surface area contributed by atoms with Gasteiger partial charge in [0.05, 0.1) is 12.2 Å². The fourth-order valence-corrected chi connectivity index (χ4v) is 2.37. The van der Waals surface area contributed by atoms with Crippen molar-refractivity contribution in [2.75, 3.05) is 18.5 Å². The van der Waals surface area contributed by atoms with Crippen molar-refractivity contribution >= 4 is 40.8 Å². The predicted molar refractivity (Wildman–Crippen MR) is 93.0 cm³/mol. The number of esters is 1. The zero-order chi connectivity index (χ0) is 17.5. The van der Waals surface area contributed by atoms with E-state index < -0.39 is 5.97 Å². The lowest BCUT2D eigenvalue weighted by Crippen LogP contribution is -2.20. The van der Waals surface area contributed by atoms with Crippen LogP contribution in [0.3, 0.4) is 0 Å². The van der Waals surface area contributed by atoms with E-state index in [4.69, 9.17) is 32.7 Å². The highest BCUT2D eigenvalue weighted by Crippen LogP contribution is 2.24. The molecule has 0 atom stereocenters. The Morgan fingerprint density at radius 3 is 2.25 bits per heavy atom. The number of anilines is 1. The van der Waals surface area contributed by atoms with Gasteiger partial charge in [0, 0.05) is 15.7 Å². The van der Waals surface area contributed by atoms with Crippen LogP contribution in [0, 0.1) is 0 Å². The number of benzene rings is 2. The van der Waals surface area contributed by atoms with Crippen LogP contribution in [0.5, 0.6) is 5.75 Å². The highest BCUT2D eigenvalue weighted by atomic mass is 35.5. The van der Waals surface area contributed by atoms with Crippen LogP contribution in [0.15, 0.2) is 42.5 Å². The summed E-state index contributed by atoms with van der Waals surface area (Å²) in [4.78, 5) is 23.4. The van der Waals surface area contributed by atoms with E-state index in [2.05, 4.69) is 5.32 Å². The van der Waals surface area contributed by atoms with Crippen LogP contribution in [-0.2, 0) is 9.53 Å². The van der Waals surface area contributed by atoms with Crippen LogP contribution in [-0.4, -0.2) is 25.1 Å². The summed E-state index contributed by atoms with van der Waals surface area (Å²) < 4.78 is 10.2. The van der Waals surface area contributed by atoms with Crippen molar-refractivity contribution in [3.63, 3.8) is 0 Å². The number of rotatable bonds is 6. The third-order valence-corrected chi connectivity index (χ3v) is 3.32. The molecule has 0 radical (unpaired) electrons. The van der Waals surface area contributed by atoms with Gasteiger partial charge in [0.1, 0.15) is 5.75 Å². The Labute approximate surface area is 149 Å². The lowest BCUT2D eigenvalue weighted by molar-refractivity contribution is -0.118. The Morgan fingerprint density at radius 1 is 1.04 bits per heavy atom. The summed E-state index contributed by atoms with van der Waals surface area (Å²) in [5, 5.41) is 3.50. The second kappa shape index (κ2) is 8.57. The first kappa shape index (κ1) is 18.1. The molecule has 0 unspecified atom stereocenters. The summed E-state index contributed by atoms with van der Waals surface area (Å²) in [5.41, 5.74) is 0.959. The topological polar surface area (TPSA) is 64.6 Å². The van der Waals surface area contributed by atoms with Crippen molar-refractivity contribution in [1.29, 1.82) is 0 Å². The lowest BCUT2D eigenvalue weighted by atomic mass is 10.2. The van der Waals surface area contributed by atoms with Crippen LogP contribution >= 0.6 is 23.2 Å². The average Bonchev–Trinajstić information content (AvgIpc) is 2.53. The van der Waals surface area contributed by atoms with Crippen molar-refractivity contribution in [3.8, 4) is 5.75 Å². The molecule has 24 heavy (non-hydrogen) atoms. The van der Waals surface area contributed by atoms with Gasteiger partial charge in [-0.15, -0.1) is 0 Å². The number of carbonyl (C=O) groups excluding carboxylic acids is 2. The number of nitrogens with one attached hydrogen (secondary N) is 1. The van der Waals surface area contributed by atoms with Gasteiger partial charge in [-0.3, -0.25) is 4.79 Å². The van der Waals surface area contributed by atoms with Gasteiger partial charge >= 0.3 is 5.97 Å². The molecule has 7 heteroatoms. The van der Waals surface area contributed by atoms with Crippen molar-refractivity contribution in [3.05, 3.63) is 58.1 Å². The Bertz CT molecular complexity index is 712. The van der Waals surface area contributed by atoms with Crippen LogP contribution in [0.4, 0.5) is 5.69 Å². The van der Waals surface area contributed by atoms with Gasteiger partial charge in [0.25, 0.3) is 5.91 Å². The third kappa shape index (κ3) is 5.44. The molecule has 0 saturated carbocycles. The third-order valence-electron chi connectivity index (χ3n) is 2.89. The molecule has 1 amide bonds. The molecule has 0 aliphatic rings. The van der Waals surface area contributed by atoms with Crippen molar-refractivity contribution < 1.29 is 19.1 Å². The zero-order valence-corrected chi connectivity index (χ0v) is 14.4. The summed E-state index contributed by atoms with van der Waals surface area (Å²) in [6.45, 7) is 1.85. The summed E-state index contributed by atoms with van der Waals surface area (Å²) in [6.07, 6.45) is 0. The molecule has 126 valence electrons. The number of hydrogen-bond donors (Lipinski definition) is 1. The molecule has 0 heterocycles. The van der Waals surface area contributed by atoms with Crippen LogP contribution in [0.2, 0.25) is 10.0 Å². The molecule has 0 aromatic heterocycles. The molecule has 0 aliphatic carbocycles. The Morgan fingerprint density at radius 2 is 1.67 bits per heavy atom. The molecule has 0 spiro atoms. The summed E-state index contributed by atoms with van der Waals surface area (Å²) >= 11 is 11.7. The SMILES string of the molecule is CCOC(=O)c1ccc(NC(=O)COc2cc(Cl)cc(Cl)c2)cc1. The van der Waals surface area contributed by atoms with E-state index in [-0.39, 0.29) is 12.5 Å². The highest BCUT2D eigenvalue weighted by Gasteiger charge is 2.08. The normalized spacial score (nSPS) is 10.1. The minimum atomic E-state index is -0.406. The Kier molecular flexibility index (Phi) is 6.46. The Hall–Kier alpha value is -2.24. The molecule has 2 rings (SSSR count). The molecule has 2 aromatic rings. The number of carbonyl (C=O) groups is 2. The van der Waals surface area contributed by atoms with E-state index in [1.165, 1.54) is 0 Å². The lowest BCUT2D eigenvalue weighted by Gasteiger charge is -2.09. The molecule has 0 bridgehead atoms. The maximum absolute atomic E-state index is 11.9. The summed E-state index contributed by atoms with van der Waals surface area (Å²) in [7, 11) is 0. The zero-order valence-electron chi connectivity index (χ0n) is 12.8. The summed E-state index contributed by atoms with van der Waals surface area (Å²) in [6, 6.07) is 11.1. The largest absolute Gasteiger partial charge is 0.484 e. The fourth-order valence-electron chi connectivity index (χ4n) is 1.86. The number of amides is 1. The minimum Gasteiger partial charge on any atom is -0.484 e. The maximum Gasteiger partial charge on any atom is 0.338 e. The van der Waals surface area contributed by atoms with Gasteiger partial charge in [-0.2, -0.15) is 0 Å². The second-order valence-corrected chi connectivity index (χ2v) is 5.61. The van der Waals surface area contributed by atoms with Crippen LogP contribution in [0.25, 0.3) is 0 Å². The van der Waals surface area contributed by atoms with Gasteiger partial charge in [-0.05, 0) is 49.4 Å². The molecule has 0 fully saturated rings. The van der Waals surface area contributed by atoms with Gasteiger partial charge in [-0.25, -0.2) is 4.79 Å². The van der Waals surface area contributed by atoms with Crippen molar-refractivity contribution in [2.24, 2.45) is 0 Å². The number of halogens is 2. The van der Waals surface area contributed by atoms with E-state index in [0.717, 1.165) is 0 Å². The standard InChI is InChI=1S/C17H15Cl2NO4/c1-2-23-17(22)11-3-5-14(6-4-11)20-16(21)10-24-15-8-12(18)7-13(19)9-15/h3-9H,2,10H2,1H3,(H,20,21). The second-order valence-electron chi connectivity index (χ2n) is 4.74. The molecule has 0 aliphatic heterocycles. The molecule has 2 aromatic carbocycles. The van der Waals surface area contributed by atoms with Gasteiger partial charge in [0.15, 0.2) is 6.61 Å². The average molecular weight is 368 g/mol. The van der Waals surface area contributed by atoms with Gasteiger partial charge in [0.2, 0.25) is 0 Å². The summed E-state index contributed by atoms with van der Waals surface area (Å²) in [5.74, 6) is -0.355. The predicted octanol–water partition coefficient (Wildman–Crippen LogP) is 4.19. The first-order chi connectivity index (χ1) is 11.5. The van der Waals surface area contributed by atoms with Gasteiger partial charge < -0.3 is 14.8 Å².